The van der Waals surface area contributed by atoms with E-state index in [-0.39, 0.29) is 0 Å². The van der Waals surface area contributed by atoms with Gasteiger partial charge in [0.25, 0.3) is 5.82 Å². The molecular weight excluding hydrogens is 144 g/mol. The minimum absolute atomic E-state index is 0.907. The Labute approximate surface area is 54.4 Å². The molecule has 0 aromatic rings. The second-order valence-corrected chi connectivity index (χ2v) is 1.29. The van der Waals surface area contributed by atoms with E-state index in [9.17, 15) is 20.2 Å². The van der Waals surface area contributed by atoms with E-state index >= 15 is 0 Å². The lowest BCUT2D eigenvalue weighted by atomic mass is 10.7. The van der Waals surface area contributed by atoms with Crippen LogP contribution in [0.2, 0.25) is 0 Å². The molecule has 0 aliphatic rings. The van der Waals surface area contributed by atoms with E-state index in [2.05, 4.69) is 11.5 Å². The molecule has 0 radical (unpaired) electrons. The molecule has 0 aliphatic heterocycles. The van der Waals surface area contributed by atoms with E-state index in [0.29, 0.717) is 0 Å². The van der Waals surface area contributed by atoms with Crippen LogP contribution < -0.4 is 11.5 Å². The van der Waals surface area contributed by atoms with Crippen LogP contribution >= 0.6 is 0 Å². The average Bonchev–Trinajstić information content (AvgIpc) is 1.59. The first-order valence-electron chi connectivity index (χ1n) is 2.00. The number of hydrogen-bond acceptors (Lipinski definition) is 6. The summed E-state index contributed by atoms with van der Waals surface area (Å²) in [7, 11) is 0. The largest absolute Gasteiger partial charge is 0.598 e. The van der Waals surface area contributed by atoms with Crippen molar-refractivity contribution in [2.75, 3.05) is 0 Å². The summed E-state index contributed by atoms with van der Waals surface area (Å²) in [5, 5.41) is 19.5. The van der Waals surface area contributed by atoms with E-state index in [1.165, 1.54) is 0 Å². The maximum absolute atomic E-state index is 9.73. The van der Waals surface area contributed by atoms with Gasteiger partial charge in [-0.25, -0.2) is 0 Å². The topological polar surface area (TPSA) is 138 Å². The molecule has 0 aromatic heterocycles. The van der Waals surface area contributed by atoms with Crippen LogP contribution in [0.1, 0.15) is 0 Å². The summed E-state index contributed by atoms with van der Waals surface area (Å²) in [5.74, 6) is -2.30. The predicted molar refractivity (Wildman–Crippen MR) is 29.4 cm³/mol. The number of nitro groups is 2. The summed E-state index contributed by atoms with van der Waals surface area (Å²) in [5.41, 5.74) is 9.23. The molecule has 56 valence electrons. The Morgan fingerprint density at radius 1 is 1.10 bits per heavy atom. The van der Waals surface area contributed by atoms with Crippen molar-refractivity contribution >= 4 is 0 Å². The minimum Gasteiger partial charge on any atom is -0.374 e. The Hall–Kier alpha value is -1.86. The lowest BCUT2D eigenvalue weighted by Crippen LogP contribution is -2.21. The van der Waals surface area contributed by atoms with Gasteiger partial charge in [-0.15, -0.1) is 0 Å². The maximum atomic E-state index is 9.73. The Morgan fingerprint density at radius 3 is 1.40 bits per heavy atom. The molecule has 0 spiro atoms. The SMILES string of the molecule is NC(N)=C([N+](=O)[O-])[N+](=O)[O-]. The van der Waals surface area contributed by atoms with Gasteiger partial charge in [0.05, 0.1) is 0 Å². The standard InChI is InChI=1S/C2H4N4O4/c3-1(4)2(5(7)8)6(9)10/h3-4H2. The smallest absolute Gasteiger partial charge is 0.374 e. The zero-order valence-electron chi connectivity index (χ0n) is 4.68. The van der Waals surface area contributed by atoms with Crippen LogP contribution in [0.3, 0.4) is 0 Å². The van der Waals surface area contributed by atoms with Crippen LogP contribution in [-0.4, -0.2) is 9.85 Å². The molecule has 0 atom stereocenters. The van der Waals surface area contributed by atoms with Gasteiger partial charge in [-0.2, -0.15) is 0 Å². The van der Waals surface area contributed by atoms with Gasteiger partial charge in [-0.3, -0.25) is 20.2 Å². The molecule has 10 heavy (non-hydrogen) atoms. The lowest BCUT2D eigenvalue weighted by Gasteiger charge is -1.87. The second-order valence-electron chi connectivity index (χ2n) is 1.29. The van der Waals surface area contributed by atoms with Gasteiger partial charge >= 0.3 is 5.82 Å². The summed E-state index contributed by atoms with van der Waals surface area (Å²) in [6.07, 6.45) is 0. The normalized spacial score (nSPS) is 8.40. The average molecular weight is 148 g/mol. The van der Waals surface area contributed by atoms with Crippen LogP contribution in [0.5, 0.6) is 0 Å². The molecule has 0 unspecified atom stereocenters. The number of hydrogen-bond donors (Lipinski definition) is 2. The molecule has 0 bridgehead atoms. The van der Waals surface area contributed by atoms with Crippen LogP contribution in [0, 0.1) is 20.2 Å². The Kier molecular flexibility index (Phi) is 2.13. The summed E-state index contributed by atoms with van der Waals surface area (Å²) in [4.78, 5) is 16.9. The Morgan fingerprint density at radius 2 is 1.40 bits per heavy atom. The fourth-order valence-electron chi connectivity index (χ4n) is 0.277. The van der Waals surface area contributed by atoms with Crippen molar-refractivity contribution in [2.24, 2.45) is 11.5 Å². The van der Waals surface area contributed by atoms with E-state index in [4.69, 9.17) is 0 Å². The van der Waals surface area contributed by atoms with Gasteiger partial charge in [0.1, 0.15) is 9.85 Å². The molecule has 4 N–H and O–H groups in total. The van der Waals surface area contributed by atoms with Crippen molar-refractivity contribution in [3.05, 3.63) is 31.9 Å². The summed E-state index contributed by atoms with van der Waals surface area (Å²) in [6, 6.07) is 0. The van der Waals surface area contributed by atoms with Crippen molar-refractivity contribution in [1.82, 2.24) is 0 Å². The second kappa shape index (κ2) is 2.62. The molecular formula is C2H4N4O4. The zero-order chi connectivity index (χ0) is 8.31. The van der Waals surface area contributed by atoms with Crippen molar-refractivity contribution in [1.29, 1.82) is 0 Å². The van der Waals surface area contributed by atoms with E-state index in [1.54, 1.807) is 0 Å². The van der Waals surface area contributed by atoms with Crippen molar-refractivity contribution in [3.8, 4) is 0 Å². The molecule has 8 heteroatoms. The van der Waals surface area contributed by atoms with Gasteiger partial charge in [0.2, 0.25) is 0 Å². The van der Waals surface area contributed by atoms with Crippen LogP contribution in [-0.2, 0) is 0 Å². The number of nitrogens with zero attached hydrogens (tertiary/aromatic N) is 2. The van der Waals surface area contributed by atoms with Crippen LogP contribution in [0.15, 0.2) is 11.6 Å². The molecule has 0 fully saturated rings. The molecule has 0 aliphatic carbocycles. The highest BCUT2D eigenvalue weighted by molar-refractivity contribution is 4.89. The number of rotatable bonds is 2. The molecule has 0 saturated carbocycles. The van der Waals surface area contributed by atoms with Crippen LogP contribution in [0.4, 0.5) is 0 Å². The highest BCUT2D eigenvalue weighted by Gasteiger charge is 2.28. The maximum Gasteiger partial charge on any atom is 0.598 e. The third-order valence-electron chi connectivity index (χ3n) is 0.604. The van der Waals surface area contributed by atoms with Gasteiger partial charge in [-0.1, -0.05) is 0 Å². The first-order valence-corrected chi connectivity index (χ1v) is 2.00. The quantitative estimate of drug-likeness (QED) is 0.364. The molecule has 0 aromatic carbocycles. The molecule has 0 heterocycles. The predicted octanol–water partition coefficient (Wildman–Crippen LogP) is -1.42. The molecule has 0 saturated heterocycles. The van der Waals surface area contributed by atoms with Crippen molar-refractivity contribution in [2.45, 2.75) is 0 Å². The lowest BCUT2D eigenvalue weighted by molar-refractivity contribution is -0.617. The monoisotopic (exact) mass is 148 g/mol. The van der Waals surface area contributed by atoms with Gasteiger partial charge in [0.15, 0.2) is 0 Å². The molecule has 0 rings (SSSR count). The highest BCUT2D eigenvalue weighted by atomic mass is 16.7. The zero-order valence-corrected chi connectivity index (χ0v) is 4.68. The third-order valence-corrected chi connectivity index (χ3v) is 0.604. The van der Waals surface area contributed by atoms with Crippen LogP contribution in [0.25, 0.3) is 0 Å². The van der Waals surface area contributed by atoms with Gasteiger partial charge in [-0.05, 0) is 0 Å². The van der Waals surface area contributed by atoms with E-state index < -0.39 is 21.5 Å². The van der Waals surface area contributed by atoms with E-state index in [0.717, 1.165) is 0 Å². The highest BCUT2D eigenvalue weighted by Crippen LogP contribution is 1.95. The first kappa shape index (κ1) is 8.14. The minimum atomic E-state index is -1.39. The first-order chi connectivity index (χ1) is 4.46. The Balaban J connectivity index is 4.79. The third kappa shape index (κ3) is 1.58. The number of nitrogens with two attached hydrogens (primary N) is 2. The van der Waals surface area contributed by atoms with E-state index in [1.807, 2.05) is 0 Å². The molecule has 8 nitrogen and oxygen atoms in total. The molecule has 0 amide bonds. The summed E-state index contributed by atoms with van der Waals surface area (Å²) >= 11 is 0. The summed E-state index contributed by atoms with van der Waals surface area (Å²) < 4.78 is 0. The van der Waals surface area contributed by atoms with Crippen molar-refractivity contribution < 1.29 is 9.85 Å². The van der Waals surface area contributed by atoms with Crippen molar-refractivity contribution in [3.63, 3.8) is 0 Å². The van der Waals surface area contributed by atoms with Gasteiger partial charge in [0, 0.05) is 0 Å². The van der Waals surface area contributed by atoms with Gasteiger partial charge < -0.3 is 11.5 Å². The summed E-state index contributed by atoms with van der Waals surface area (Å²) in [6.45, 7) is 0. The fraction of sp³-hybridized carbons (Fsp3) is 0. The Bertz CT molecular complexity index is 187. The fourth-order valence-corrected chi connectivity index (χ4v) is 0.277.